The summed E-state index contributed by atoms with van der Waals surface area (Å²) < 4.78 is 10.1. The maximum atomic E-state index is 12.8. The van der Waals surface area contributed by atoms with Gasteiger partial charge in [0.05, 0.1) is 44.7 Å². The van der Waals surface area contributed by atoms with Gasteiger partial charge in [-0.1, -0.05) is 0 Å². The number of piperazine rings is 1. The molecule has 3 heterocycles. The van der Waals surface area contributed by atoms with Gasteiger partial charge in [0, 0.05) is 45.0 Å². The number of ether oxygens (including phenoxy) is 2. The smallest absolute Gasteiger partial charge is 0.339 e. The normalized spacial score (nSPS) is 18.7. The first-order valence-electron chi connectivity index (χ1n) is 10.0. The Hall–Kier alpha value is -2.23. The number of Topliss-reactive ketones (excluding diaryl/α,β-unsaturated/α-hetero) is 1. The second-order valence-corrected chi connectivity index (χ2v) is 7.59. The van der Waals surface area contributed by atoms with E-state index < -0.39 is 5.97 Å². The lowest BCUT2D eigenvalue weighted by Gasteiger charge is -2.36. The van der Waals surface area contributed by atoms with E-state index in [1.807, 2.05) is 9.80 Å². The van der Waals surface area contributed by atoms with E-state index in [1.165, 1.54) is 7.11 Å². The van der Waals surface area contributed by atoms with Crippen LogP contribution in [0.15, 0.2) is 0 Å². The average molecular weight is 406 g/mol. The minimum atomic E-state index is -0.442. The van der Waals surface area contributed by atoms with Crippen molar-refractivity contribution in [3.63, 3.8) is 0 Å². The number of aromatic amines is 1. The number of carbonyl (C=O) groups excluding carboxylic acids is 3. The zero-order valence-electron chi connectivity index (χ0n) is 17.5. The van der Waals surface area contributed by atoms with E-state index in [1.54, 1.807) is 13.8 Å². The van der Waals surface area contributed by atoms with Crippen LogP contribution in [0.5, 0.6) is 0 Å². The van der Waals surface area contributed by atoms with Crippen molar-refractivity contribution >= 4 is 17.7 Å². The number of carbonyl (C=O) groups is 3. The SMILES string of the molecule is COC(=O)c1c(C)[nH]c(C(=O)CN2CCN(C(=O)CN3CCOCC3)CC2)c1C. The molecule has 0 spiro atoms. The Labute approximate surface area is 170 Å². The summed E-state index contributed by atoms with van der Waals surface area (Å²) in [5.74, 6) is -0.368. The zero-order valence-corrected chi connectivity index (χ0v) is 17.5. The van der Waals surface area contributed by atoms with Crippen molar-refractivity contribution < 1.29 is 23.9 Å². The minimum Gasteiger partial charge on any atom is -0.465 e. The Kier molecular flexibility index (Phi) is 7.05. The number of nitrogens with one attached hydrogen (secondary N) is 1. The molecule has 160 valence electrons. The van der Waals surface area contributed by atoms with Gasteiger partial charge in [-0.15, -0.1) is 0 Å². The third-order valence-corrected chi connectivity index (χ3v) is 5.66. The number of nitrogens with zero attached hydrogens (tertiary/aromatic N) is 3. The van der Waals surface area contributed by atoms with Crippen molar-refractivity contribution in [2.45, 2.75) is 13.8 Å². The van der Waals surface area contributed by atoms with Gasteiger partial charge in [-0.2, -0.15) is 0 Å². The maximum absolute atomic E-state index is 12.8. The molecule has 0 radical (unpaired) electrons. The first kappa shape index (κ1) is 21.5. The first-order chi connectivity index (χ1) is 13.9. The third kappa shape index (κ3) is 5.04. The molecule has 0 aliphatic carbocycles. The van der Waals surface area contributed by atoms with E-state index in [0.29, 0.717) is 68.5 Å². The van der Waals surface area contributed by atoms with Gasteiger partial charge in [0.1, 0.15) is 0 Å². The molecule has 1 aromatic rings. The molecule has 2 aliphatic heterocycles. The highest BCUT2D eigenvalue weighted by atomic mass is 16.5. The van der Waals surface area contributed by atoms with Gasteiger partial charge < -0.3 is 19.4 Å². The lowest BCUT2D eigenvalue weighted by molar-refractivity contribution is -0.135. The number of rotatable bonds is 6. The fourth-order valence-corrected chi connectivity index (χ4v) is 3.93. The van der Waals surface area contributed by atoms with Crippen LogP contribution in [0.1, 0.15) is 32.1 Å². The van der Waals surface area contributed by atoms with Crippen molar-refractivity contribution in [1.29, 1.82) is 0 Å². The molecule has 0 bridgehead atoms. The van der Waals surface area contributed by atoms with Crippen LogP contribution in [-0.2, 0) is 14.3 Å². The fraction of sp³-hybridized carbons (Fsp3) is 0.650. The Morgan fingerprint density at radius 2 is 1.59 bits per heavy atom. The van der Waals surface area contributed by atoms with E-state index in [-0.39, 0.29) is 18.2 Å². The fourth-order valence-electron chi connectivity index (χ4n) is 3.93. The van der Waals surface area contributed by atoms with E-state index in [0.717, 1.165) is 13.1 Å². The predicted octanol–water partition coefficient (Wildman–Crippen LogP) is 0.0772. The predicted molar refractivity (Wildman–Crippen MR) is 106 cm³/mol. The lowest BCUT2D eigenvalue weighted by Crippen LogP contribution is -2.53. The lowest BCUT2D eigenvalue weighted by atomic mass is 10.1. The second-order valence-electron chi connectivity index (χ2n) is 7.59. The molecule has 1 amide bonds. The molecule has 0 unspecified atom stereocenters. The van der Waals surface area contributed by atoms with Crippen molar-refractivity contribution in [2.75, 3.05) is 72.7 Å². The molecule has 29 heavy (non-hydrogen) atoms. The second kappa shape index (κ2) is 9.51. The maximum Gasteiger partial charge on any atom is 0.339 e. The Morgan fingerprint density at radius 1 is 0.966 bits per heavy atom. The zero-order chi connectivity index (χ0) is 21.0. The van der Waals surface area contributed by atoms with Crippen LogP contribution in [0.4, 0.5) is 0 Å². The van der Waals surface area contributed by atoms with Gasteiger partial charge in [-0.05, 0) is 19.4 Å². The van der Waals surface area contributed by atoms with Crippen molar-refractivity contribution in [3.05, 3.63) is 22.5 Å². The van der Waals surface area contributed by atoms with Crippen LogP contribution in [0.2, 0.25) is 0 Å². The van der Waals surface area contributed by atoms with Crippen molar-refractivity contribution in [1.82, 2.24) is 19.7 Å². The van der Waals surface area contributed by atoms with Crippen LogP contribution in [0.3, 0.4) is 0 Å². The number of esters is 1. The molecule has 0 aromatic carbocycles. The van der Waals surface area contributed by atoms with Gasteiger partial charge >= 0.3 is 5.97 Å². The molecule has 9 nitrogen and oxygen atoms in total. The molecule has 1 aromatic heterocycles. The molecule has 0 saturated carbocycles. The summed E-state index contributed by atoms with van der Waals surface area (Å²) in [5, 5.41) is 0. The number of amides is 1. The molecular formula is C20H30N4O5. The van der Waals surface area contributed by atoms with E-state index in [4.69, 9.17) is 9.47 Å². The first-order valence-corrected chi connectivity index (χ1v) is 10.0. The molecule has 0 atom stereocenters. The minimum absolute atomic E-state index is 0.0613. The molecule has 2 saturated heterocycles. The standard InChI is InChI=1S/C20H30N4O5/c1-14-18(20(27)28-3)15(2)21-19(14)16(25)12-22-4-6-24(7-5-22)17(26)13-23-8-10-29-11-9-23/h21H,4-13H2,1-3H3. The molecular weight excluding hydrogens is 376 g/mol. The van der Waals surface area contributed by atoms with Crippen LogP contribution in [0, 0.1) is 13.8 Å². The number of aromatic nitrogens is 1. The molecule has 3 rings (SSSR count). The average Bonchev–Trinajstić information content (AvgIpc) is 3.03. The summed E-state index contributed by atoms with van der Waals surface area (Å²) >= 11 is 0. The third-order valence-electron chi connectivity index (χ3n) is 5.66. The molecule has 1 N–H and O–H groups in total. The quantitative estimate of drug-likeness (QED) is 0.528. The van der Waals surface area contributed by atoms with E-state index in [2.05, 4.69) is 9.88 Å². The van der Waals surface area contributed by atoms with Gasteiger partial charge in [-0.25, -0.2) is 4.79 Å². The van der Waals surface area contributed by atoms with Crippen LogP contribution >= 0.6 is 0 Å². The van der Waals surface area contributed by atoms with Gasteiger partial charge in [0.2, 0.25) is 5.91 Å². The van der Waals surface area contributed by atoms with Crippen LogP contribution < -0.4 is 0 Å². The van der Waals surface area contributed by atoms with Crippen LogP contribution in [0.25, 0.3) is 0 Å². The van der Waals surface area contributed by atoms with Gasteiger partial charge in [0.15, 0.2) is 5.78 Å². The molecule has 2 fully saturated rings. The van der Waals surface area contributed by atoms with Gasteiger partial charge in [-0.3, -0.25) is 19.4 Å². The highest BCUT2D eigenvalue weighted by Crippen LogP contribution is 2.20. The van der Waals surface area contributed by atoms with Gasteiger partial charge in [0.25, 0.3) is 0 Å². The number of hydrogen-bond donors (Lipinski definition) is 1. The highest BCUT2D eigenvalue weighted by Gasteiger charge is 2.27. The number of hydrogen-bond acceptors (Lipinski definition) is 7. The number of ketones is 1. The largest absolute Gasteiger partial charge is 0.465 e. The summed E-state index contributed by atoms with van der Waals surface area (Å²) in [6.45, 7) is 9.69. The van der Waals surface area contributed by atoms with E-state index in [9.17, 15) is 14.4 Å². The van der Waals surface area contributed by atoms with Crippen LogP contribution in [-0.4, -0.2) is 110 Å². The number of morpholine rings is 1. The highest BCUT2D eigenvalue weighted by molar-refractivity contribution is 6.02. The van der Waals surface area contributed by atoms with Crippen molar-refractivity contribution in [2.24, 2.45) is 0 Å². The van der Waals surface area contributed by atoms with Crippen molar-refractivity contribution in [3.8, 4) is 0 Å². The Balaban J connectivity index is 1.51. The Morgan fingerprint density at radius 3 is 2.21 bits per heavy atom. The molecule has 2 aliphatic rings. The monoisotopic (exact) mass is 406 g/mol. The number of H-pyrrole nitrogens is 1. The summed E-state index contributed by atoms with van der Waals surface area (Å²) in [7, 11) is 1.33. The summed E-state index contributed by atoms with van der Waals surface area (Å²) in [6, 6.07) is 0. The summed E-state index contributed by atoms with van der Waals surface area (Å²) in [5.41, 5.74) is 2.14. The number of aryl methyl sites for hydroxylation is 1. The Bertz CT molecular complexity index is 761. The number of methoxy groups -OCH3 is 1. The van der Waals surface area contributed by atoms with E-state index >= 15 is 0 Å². The summed E-state index contributed by atoms with van der Waals surface area (Å²) in [4.78, 5) is 46.3. The topological polar surface area (TPSA) is 95.2 Å². The molecule has 9 heteroatoms. The summed E-state index contributed by atoms with van der Waals surface area (Å²) in [6.07, 6.45) is 0.